The van der Waals surface area contributed by atoms with Crippen molar-refractivity contribution in [3.8, 4) is 0 Å². The summed E-state index contributed by atoms with van der Waals surface area (Å²) in [5.41, 5.74) is 10.8. The molecule has 1 aliphatic heterocycles. The Morgan fingerprint density at radius 1 is 1.39 bits per heavy atom. The number of nitrogen functional groups attached to an aromatic ring is 1. The number of nitrogens with zero attached hydrogens (tertiary/aromatic N) is 1. The first-order chi connectivity index (χ1) is 8.58. The molecule has 2 rings (SSSR count). The van der Waals surface area contributed by atoms with Gasteiger partial charge in [-0.15, -0.1) is 0 Å². The first kappa shape index (κ1) is 13.2. The van der Waals surface area contributed by atoms with Crippen molar-refractivity contribution in [2.24, 2.45) is 5.92 Å². The van der Waals surface area contributed by atoms with Crippen LogP contribution < -0.4 is 10.6 Å². The molecule has 0 saturated carbocycles. The second-order valence-electron chi connectivity index (χ2n) is 5.54. The van der Waals surface area contributed by atoms with Gasteiger partial charge in [-0.1, -0.05) is 19.9 Å². The van der Waals surface area contributed by atoms with Gasteiger partial charge in [-0.05, 0) is 36.5 Å². The van der Waals surface area contributed by atoms with E-state index < -0.39 is 0 Å². The fourth-order valence-electron chi connectivity index (χ4n) is 2.37. The van der Waals surface area contributed by atoms with E-state index in [9.17, 15) is 0 Å². The van der Waals surface area contributed by atoms with Gasteiger partial charge < -0.3 is 15.4 Å². The first-order valence-corrected chi connectivity index (χ1v) is 6.79. The lowest BCUT2D eigenvalue weighted by Crippen LogP contribution is -2.25. The maximum absolute atomic E-state index is 5.99. The van der Waals surface area contributed by atoms with Crippen molar-refractivity contribution in [3.05, 3.63) is 23.3 Å². The van der Waals surface area contributed by atoms with E-state index in [4.69, 9.17) is 10.5 Å². The van der Waals surface area contributed by atoms with Crippen molar-refractivity contribution in [1.29, 1.82) is 0 Å². The molecular weight excluding hydrogens is 224 g/mol. The summed E-state index contributed by atoms with van der Waals surface area (Å²) in [5.74, 6) is 0.606. The molecule has 3 heteroatoms. The number of hydrogen-bond donors (Lipinski definition) is 1. The number of fused-ring (bicyclic) bond motifs is 1. The second-order valence-corrected chi connectivity index (χ2v) is 5.54. The molecule has 1 aliphatic rings. The summed E-state index contributed by atoms with van der Waals surface area (Å²) in [6.07, 6.45) is 1.13. The summed E-state index contributed by atoms with van der Waals surface area (Å²) in [7, 11) is 0. The van der Waals surface area contributed by atoms with E-state index >= 15 is 0 Å². The van der Waals surface area contributed by atoms with Gasteiger partial charge in [0.2, 0.25) is 0 Å². The van der Waals surface area contributed by atoms with Crippen LogP contribution in [-0.2, 0) is 11.2 Å². The minimum atomic E-state index is 0.606. The molecule has 1 heterocycles. The summed E-state index contributed by atoms with van der Waals surface area (Å²) in [6.45, 7) is 10.1. The molecule has 0 atom stereocenters. The monoisotopic (exact) mass is 248 g/mol. The molecular formula is C15H24N2O. The molecule has 0 unspecified atom stereocenters. The van der Waals surface area contributed by atoms with Gasteiger partial charge in [-0.25, -0.2) is 0 Å². The van der Waals surface area contributed by atoms with E-state index in [1.54, 1.807) is 0 Å². The zero-order valence-electron chi connectivity index (χ0n) is 11.7. The highest BCUT2D eigenvalue weighted by molar-refractivity contribution is 5.67. The van der Waals surface area contributed by atoms with Crippen molar-refractivity contribution >= 4 is 11.4 Å². The number of hydrogen-bond acceptors (Lipinski definition) is 3. The largest absolute Gasteiger partial charge is 0.398 e. The summed E-state index contributed by atoms with van der Waals surface area (Å²) >= 11 is 0. The van der Waals surface area contributed by atoms with Gasteiger partial charge in [0.05, 0.1) is 6.61 Å². The molecule has 0 radical (unpaired) electrons. The van der Waals surface area contributed by atoms with E-state index in [-0.39, 0.29) is 0 Å². The minimum Gasteiger partial charge on any atom is -0.398 e. The minimum absolute atomic E-state index is 0.606. The second kappa shape index (κ2) is 5.61. The normalized spacial score (nSPS) is 14.3. The molecule has 0 aliphatic carbocycles. The average Bonchev–Trinajstić information content (AvgIpc) is 2.68. The van der Waals surface area contributed by atoms with Crippen molar-refractivity contribution in [3.63, 3.8) is 0 Å². The maximum Gasteiger partial charge on any atom is 0.0641 e. The van der Waals surface area contributed by atoms with Crippen LogP contribution in [0.5, 0.6) is 0 Å². The Morgan fingerprint density at radius 2 is 2.17 bits per heavy atom. The predicted molar refractivity (Wildman–Crippen MR) is 77.2 cm³/mol. The van der Waals surface area contributed by atoms with Crippen LogP contribution in [0.25, 0.3) is 0 Å². The van der Waals surface area contributed by atoms with Crippen molar-refractivity contribution in [2.45, 2.75) is 27.2 Å². The number of aryl methyl sites for hydroxylation is 1. The number of nitrogens with two attached hydrogens (primary N) is 1. The van der Waals surface area contributed by atoms with Gasteiger partial charge in [-0.3, -0.25) is 0 Å². The lowest BCUT2D eigenvalue weighted by molar-refractivity contribution is 0.115. The lowest BCUT2D eigenvalue weighted by atomic mass is 10.1. The standard InChI is InChI=1S/C15H24N2O/c1-11(2)10-18-7-6-17-5-4-13-8-12(3)14(16)9-15(13)17/h8-9,11H,4-7,10,16H2,1-3H3. The molecule has 1 aromatic rings. The molecule has 0 saturated heterocycles. The quantitative estimate of drug-likeness (QED) is 0.643. The Labute approximate surface area is 110 Å². The van der Waals surface area contributed by atoms with Gasteiger partial charge in [0.25, 0.3) is 0 Å². The number of rotatable bonds is 5. The van der Waals surface area contributed by atoms with E-state index in [0.717, 1.165) is 38.4 Å². The lowest BCUT2D eigenvalue weighted by Gasteiger charge is -2.20. The summed E-state index contributed by atoms with van der Waals surface area (Å²) in [6, 6.07) is 4.33. The molecule has 18 heavy (non-hydrogen) atoms. The van der Waals surface area contributed by atoms with Crippen LogP contribution in [0, 0.1) is 12.8 Å². The zero-order chi connectivity index (χ0) is 13.1. The highest BCUT2D eigenvalue weighted by Gasteiger charge is 2.19. The van der Waals surface area contributed by atoms with Crippen LogP contribution in [0.1, 0.15) is 25.0 Å². The summed E-state index contributed by atoms with van der Waals surface area (Å²) in [5, 5.41) is 0. The molecule has 0 spiro atoms. The van der Waals surface area contributed by atoms with Crippen LogP contribution in [0.4, 0.5) is 11.4 Å². The Morgan fingerprint density at radius 3 is 2.89 bits per heavy atom. The zero-order valence-corrected chi connectivity index (χ0v) is 11.7. The van der Waals surface area contributed by atoms with Crippen LogP contribution in [0.3, 0.4) is 0 Å². The first-order valence-electron chi connectivity index (χ1n) is 6.79. The van der Waals surface area contributed by atoms with Gasteiger partial charge in [-0.2, -0.15) is 0 Å². The van der Waals surface area contributed by atoms with Crippen LogP contribution >= 0.6 is 0 Å². The highest BCUT2D eigenvalue weighted by atomic mass is 16.5. The van der Waals surface area contributed by atoms with Gasteiger partial charge in [0, 0.05) is 31.1 Å². The van der Waals surface area contributed by atoms with Crippen molar-refractivity contribution in [1.82, 2.24) is 0 Å². The van der Waals surface area contributed by atoms with Crippen molar-refractivity contribution < 1.29 is 4.74 Å². The SMILES string of the molecule is Cc1cc2c(cc1N)N(CCOCC(C)C)CC2. The van der Waals surface area contributed by atoms with Crippen LogP contribution in [0.2, 0.25) is 0 Å². The fraction of sp³-hybridized carbons (Fsp3) is 0.600. The smallest absolute Gasteiger partial charge is 0.0641 e. The Bertz CT molecular complexity index is 415. The van der Waals surface area contributed by atoms with Gasteiger partial charge in [0.15, 0.2) is 0 Å². The Hall–Kier alpha value is -1.22. The van der Waals surface area contributed by atoms with Gasteiger partial charge >= 0.3 is 0 Å². The van der Waals surface area contributed by atoms with Crippen molar-refractivity contribution in [2.75, 3.05) is 36.9 Å². The third-order valence-electron chi connectivity index (χ3n) is 3.42. The molecule has 1 aromatic carbocycles. The predicted octanol–water partition coefficient (Wildman–Crippen LogP) is 2.61. The number of ether oxygens (including phenoxy) is 1. The van der Waals surface area contributed by atoms with Crippen LogP contribution in [-0.4, -0.2) is 26.3 Å². The summed E-state index contributed by atoms with van der Waals surface area (Å²) < 4.78 is 5.65. The molecule has 0 fully saturated rings. The maximum atomic E-state index is 5.99. The van der Waals surface area contributed by atoms with Crippen LogP contribution in [0.15, 0.2) is 12.1 Å². The third-order valence-corrected chi connectivity index (χ3v) is 3.42. The summed E-state index contributed by atoms with van der Waals surface area (Å²) in [4.78, 5) is 2.38. The Kier molecular flexibility index (Phi) is 4.12. The molecule has 0 aromatic heterocycles. The van der Waals surface area contributed by atoms with E-state index in [1.807, 2.05) is 0 Å². The molecule has 100 valence electrons. The van der Waals surface area contributed by atoms with E-state index in [0.29, 0.717) is 5.92 Å². The molecule has 3 nitrogen and oxygen atoms in total. The topological polar surface area (TPSA) is 38.5 Å². The molecule has 0 amide bonds. The number of benzene rings is 1. The highest BCUT2D eigenvalue weighted by Crippen LogP contribution is 2.31. The number of anilines is 2. The molecule has 2 N–H and O–H groups in total. The Balaban J connectivity index is 1.93. The van der Waals surface area contributed by atoms with E-state index in [2.05, 4.69) is 37.8 Å². The van der Waals surface area contributed by atoms with E-state index in [1.165, 1.54) is 16.8 Å². The fourth-order valence-corrected chi connectivity index (χ4v) is 2.37. The average molecular weight is 248 g/mol. The van der Waals surface area contributed by atoms with Gasteiger partial charge in [0.1, 0.15) is 0 Å². The molecule has 0 bridgehead atoms. The third kappa shape index (κ3) is 2.96.